The third-order valence-corrected chi connectivity index (χ3v) is 3.01. The van der Waals surface area contributed by atoms with Crippen LogP contribution in [0.2, 0.25) is 0 Å². The van der Waals surface area contributed by atoms with E-state index in [-0.39, 0.29) is 0 Å². The van der Waals surface area contributed by atoms with Gasteiger partial charge in [0.1, 0.15) is 5.75 Å². The molecule has 0 unspecified atom stereocenters. The summed E-state index contributed by atoms with van der Waals surface area (Å²) in [6, 6.07) is 2.24. The second-order valence-electron chi connectivity index (χ2n) is 4.30. The second kappa shape index (κ2) is 5.20. The highest BCUT2D eigenvalue weighted by atomic mass is 16.3. The van der Waals surface area contributed by atoms with Crippen molar-refractivity contribution in [3.05, 3.63) is 28.3 Å². The maximum absolute atomic E-state index is 10.1. The van der Waals surface area contributed by atoms with Crippen LogP contribution in [0.5, 0.6) is 5.75 Å². The van der Waals surface area contributed by atoms with Crippen molar-refractivity contribution < 1.29 is 5.11 Å². The Hall–Kier alpha value is -0.980. The molecule has 1 N–H and O–H groups in total. The van der Waals surface area contributed by atoms with E-state index in [2.05, 4.69) is 26.8 Å². The van der Waals surface area contributed by atoms with Crippen LogP contribution < -0.4 is 0 Å². The lowest BCUT2D eigenvalue weighted by molar-refractivity contribution is 0.461. The van der Waals surface area contributed by atoms with E-state index in [1.54, 1.807) is 0 Å². The lowest BCUT2D eigenvalue weighted by atomic mass is 9.94. The summed E-state index contributed by atoms with van der Waals surface area (Å²) in [6.45, 7) is 8.45. The second-order valence-corrected chi connectivity index (χ2v) is 4.30. The smallest absolute Gasteiger partial charge is 0.122 e. The fraction of sp³-hybridized carbons (Fsp3) is 0.571. The van der Waals surface area contributed by atoms with E-state index in [1.807, 2.05) is 6.92 Å². The summed E-state index contributed by atoms with van der Waals surface area (Å²) < 4.78 is 0. The highest BCUT2D eigenvalue weighted by molar-refractivity contribution is 5.49. The van der Waals surface area contributed by atoms with E-state index in [9.17, 15) is 5.11 Å². The average molecular weight is 206 g/mol. The molecule has 0 aliphatic carbocycles. The van der Waals surface area contributed by atoms with Crippen molar-refractivity contribution in [2.75, 3.05) is 0 Å². The van der Waals surface area contributed by atoms with Crippen LogP contribution in [0.25, 0.3) is 0 Å². The van der Waals surface area contributed by atoms with E-state index in [0.29, 0.717) is 5.75 Å². The van der Waals surface area contributed by atoms with E-state index in [4.69, 9.17) is 0 Å². The Balaban J connectivity index is 3.18. The van der Waals surface area contributed by atoms with Gasteiger partial charge in [0.25, 0.3) is 0 Å². The van der Waals surface area contributed by atoms with Gasteiger partial charge in [0, 0.05) is 0 Å². The van der Waals surface area contributed by atoms with E-state index in [1.165, 1.54) is 11.1 Å². The van der Waals surface area contributed by atoms with Crippen molar-refractivity contribution >= 4 is 0 Å². The fourth-order valence-electron chi connectivity index (χ4n) is 2.12. The van der Waals surface area contributed by atoms with Gasteiger partial charge in [0.15, 0.2) is 0 Å². The Morgan fingerprint density at radius 2 is 1.67 bits per heavy atom. The van der Waals surface area contributed by atoms with Crippen LogP contribution >= 0.6 is 0 Å². The molecule has 1 aromatic carbocycles. The summed E-state index contributed by atoms with van der Waals surface area (Å²) in [6.07, 6.45) is 4.26. The fourth-order valence-corrected chi connectivity index (χ4v) is 2.12. The zero-order valence-electron chi connectivity index (χ0n) is 10.4. The molecule has 1 heteroatoms. The molecular formula is C14H22O. The number of hydrogen-bond acceptors (Lipinski definition) is 1. The van der Waals surface area contributed by atoms with Gasteiger partial charge in [-0.2, -0.15) is 0 Å². The van der Waals surface area contributed by atoms with E-state index < -0.39 is 0 Å². The van der Waals surface area contributed by atoms with E-state index in [0.717, 1.165) is 36.8 Å². The van der Waals surface area contributed by atoms with Gasteiger partial charge in [-0.05, 0) is 48.9 Å². The van der Waals surface area contributed by atoms with Crippen molar-refractivity contribution in [3.63, 3.8) is 0 Å². The first kappa shape index (κ1) is 12.1. The minimum absolute atomic E-state index is 0.528. The van der Waals surface area contributed by atoms with Gasteiger partial charge in [-0.15, -0.1) is 0 Å². The number of benzene rings is 1. The molecule has 0 bridgehead atoms. The summed E-state index contributed by atoms with van der Waals surface area (Å²) in [7, 11) is 0. The summed E-state index contributed by atoms with van der Waals surface area (Å²) in [4.78, 5) is 0. The number of aryl methyl sites for hydroxylation is 2. The molecule has 0 heterocycles. The minimum Gasteiger partial charge on any atom is -0.507 e. The lowest BCUT2D eigenvalue weighted by Crippen LogP contribution is -1.97. The largest absolute Gasteiger partial charge is 0.507 e. The molecule has 0 spiro atoms. The van der Waals surface area contributed by atoms with Crippen LogP contribution in [0, 0.1) is 13.8 Å². The summed E-state index contributed by atoms with van der Waals surface area (Å²) in [5.74, 6) is 0.528. The molecule has 0 saturated carbocycles. The summed E-state index contributed by atoms with van der Waals surface area (Å²) in [5.41, 5.74) is 4.75. The molecular weight excluding hydrogens is 184 g/mol. The molecule has 1 nitrogen and oxygen atoms in total. The lowest BCUT2D eigenvalue weighted by Gasteiger charge is -2.14. The first-order valence-electron chi connectivity index (χ1n) is 5.92. The van der Waals surface area contributed by atoms with Crippen molar-refractivity contribution in [2.45, 2.75) is 53.4 Å². The molecule has 0 aliphatic rings. The van der Waals surface area contributed by atoms with Crippen molar-refractivity contribution in [3.8, 4) is 5.75 Å². The Kier molecular flexibility index (Phi) is 4.19. The molecule has 0 radical (unpaired) electrons. The van der Waals surface area contributed by atoms with Gasteiger partial charge in [-0.3, -0.25) is 0 Å². The number of rotatable bonds is 4. The Labute approximate surface area is 93.1 Å². The average Bonchev–Trinajstić information content (AvgIpc) is 2.21. The first-order valence-corrected chi connectivity index (χ1v) is 5.92. The maximum atomic E-state index is 10.1. The van der Waals surface area contributed by atoms with E-state index >= 15 is 0 Å². The predicted molar refractivity (Wildman–Crippen MR) is 65.6 cm³/mol. The number of aromatic hydroxyl groups is 1. The SMILES string of the molecule is CCCc1cc(C)c(CCC)c(O)c1C. The molecule has 84 valence electrons. The summed E-state index contributed by atoms with van der Waals surface area (Å²) in [5, 5.41) is 10.1. The molecule has 1 rings (SSSR count). The van der Waals surface area contributed by atoms with Crippen LogP contribution in [0.4, 0.5) is 0 Å². The maximum Gasteiger partial charge on any atom is 0.122 e. The first-order chi connectivity index (χ1) is 7.11. The van der Waals surface area contributed by atoms with Crippen LogP contribution in [-0.4, -0.2) is 5.11 Å². The number of phenolic OH excluding ortho intramolecular Hbond substituents is 1. The normalized spacial score (nSPS) is 10.7. The predicted octanol–water partition coefficient (Wildman–Crippen LogP) is 3.91. The Morgan fingerprint density at radius 3 is 2.20 bits per heavy atom. The molecule has 0 amide bonds. The van der Waals surface area contributed by atoms with Crippen molar-refractivity contribution in [1.29, 1.82) is 0 Å². The molecule has 0 saturated heterocycles. The number of phenols is 1. The van der Waals surface area contributed by atoms with Crippen LogP contribution in [0.15, 0.2) is 6.07 Å². The Morgan fingerprint density at radius 1 is 1.07 bits per heavy atom. The van der Waals surface area contributed by atoms with Crippen molar-refractivity contribution in [1.82, 2.24) is 0 Å². The molecule has 0 aliphatic heterocycles. The molecule has 1 aromatic rings. The monoisotopic (exact) mass is 206 g/mol. The third kappa shape index (κ3) is 2.53. The van der Waals surface area contributed by atoms with Gasteiger partial charge < -0.3 is 5.11 Å². The van der Waals surface area contributed by atoms with Crippen LogP contribution in [-0.2, 0) is 12.8 Å². The van der Waals surface area contributed by atoms with Gasteiger partial charge in [-0.25, -0.2) is 0 Å². The molecule has 15 heavy (non-hydrogen) atoms. The van der Waals surface area contributed by atoms with Crippen LogP contribution in [0.1, 0.15) is 48.9 Å². The van der Waals surface area contributed by atoms with Gasteiger partial charge >= 0.3 is 0 Å². The molecule has 0 atom stereocenters. The zero-order valence-corrected chi connectivity index (χ0v) is 10.4. The van der Waals surface area contributed by atoms with Gasteiger partial charge in [-0.1, -0.05) is 32.8 Å². The highest BCUT2D eigenvalue weighted by Gasteiger charge is 2.11. The zero-order chi connectivity index (χ0) is 11.4. The van der Waals surface area contributed by atoms with Gasteiger partial charge in [0.05, 0.1) is 0 Å². The minimum atomic E-state index is 0.528. The summed E-state index contributed by atoms with van der Waals surface area (Å²) >= 11 is 0. The quantitative estimate of drug-likeness (QED) is 0.791. The topological polar surface area (TPSA) is 20.2 Å². The third-order valence-electron chi connectivity index (χ3n) is 3.01. The molecule has 0 fully saturated rings. The van der Waals surface area contributed by atoms with Gasteiger partial charge in [0.2, 0.25) is 0 Å². The standard InChI is InChI=1S/C14H22O/c1-5-7-12-9-10(3)13(8-6-2)14(15)11(12)4/h9,15H,5-8H2,1-4H3. The molecule has 0 aromatic heterocycles. The number of hydrogen-bond donors (Lipinski definition) is 1. The van der Waals surface area contributed by atoms with Crippen LogP contribution in [0.3, 0.4) is 0 Å². The highest BCUT2D eigenvalue weighted by Crippen LogP contribution is 2.30. The Bertz CT molecular complexity index is 340. The van der Waals surface area contributed by atoms with Crippen molar-refractivity contribution in [2.24, 2.45) is 0 Å².